The summed E-state index contributed by atoms with van der Waals surface area (Å²) in [6.07, 6.45) is 1.64. The standard InChI is InChI=1S/C31H29ClF2N6O3/c1-5-24(42)38-11-12-39(20(14-33)15-38)29-21-13-22(32)27(25-19(16-41)7-6-8-23(25)34)36-30(21)40(31(43)37-29)28-18(4)9-10-35-26(28)17(2)3/h5-10,13,16-17,20H,1,11-12,14-15H2,2-4H3/t20-/m0/s1/i16D. The third-order valence-corrected chi connectivity index (χ3v) is 7.79. The summed E-state index contributed by atoms with van der Waals surface area (Å²) >= 11 is 6.72. The fraction of sp³-hybridized carbons (Fsp3) is 0.290. The van der Waals surface area contributed by atoms with Gasteiger partial charge in [0.1, 0.15) is 19.7 Å². The number of fused-ring (bicyclic) bond motifs is 1. The SMILES string of the molecule is [2H]C(=O)c1cccc(F)c1-c1nc2c(cc1Cl)c(N1CCN(C(=O)C=C)C[C@@H]1CF)nc(=O)n2-c1c(C)ccnc1C(C)C. The summed E-state index contributed by atoms with van der Waals surface area (Å²) in [5.41, 5.74) is 0.244. The normalized spacial score (nSPS) is 15.6. The number of anilines is 1. The maximum Gasteiger partial charge on any atom is 0.355 e. The summed E-state index contributed by atoms with van der Waals surface area (Å²) < 4.78 is 38.7. The van der Waals surface area contributed by atoms with Gasteiger partial charge in [-0.1, -0.05) is 44.2 Å². The van der Waals surface area contributed by atoms with Crippen LogP contribution in [0.2, 0.25) is 5.02 Å². The highest BCUT2D eigenvalue weighted by Crippen LogP contribution is 2.37. The summed E-state index contributed by atoms with van der Waals surface area (Å²) in [6, 6.07) is 6.04. The number of aromatic nitrogens is 4. The summed E-state index contributed by atoms with van der Waals surface area (Å²) in [6.45, 7) is 8.67. The molecular formula is C31H29ClF2N6O3. The summed E-state index contributed by atoms with van der Waals surface area (Å²) in [5, 5.41) is 0.177. The minimum atomic E-state index is -1.15. The Labute approximate surface area is 252 Å². The number of aryl methyl sites for hydroxylation is 1. The lowest BCUT2D eigenvalue weighted by atomic mass is 10.0. The van der Waals surface area contributed by atoms with Crippen LogP contribution in [0.4, 0.5) is 14.6 Å². The van der Waals surface area contributed by atoms with E-state index in [1.54, 1.807) is 24.1 Å². The molecule has 0 radical (unpaired) electrons. The summed E-state index contributed by atoms with van der Waals surface area (Å²) in [5.74, 6) is -1.21. The second kappa shape index (κ2) is 12.0. The van der Waals surface area contributed by atoms with Crippen LogP contribution in [0.15, 0.2) is 54.0 Å². The number of pyridine rings is 2. The Bertz CT molecular complexity index is 1880. The van der Waals surface area contributed by atoms with Gasteiger partial charge in [0.2, 0.25) is 5.91 Å². The minimum absolute atomic E-state index is 0.0197. The van der Waals surface area contributed by atoms with Gasteiger partial charge < -0.3 is 9.80 Å². The Kier molecular flexibility index (Phi) is 7.98. The second-order valence-corrected chi connectivity index (χ2v) is 10.9. The van der Waals surface area contributed by atoms with E-state index in [1.165, 1.54) is 27.7 Å². The van der Waals surface area contributed by atoms with E-state index < -0.39 is 30.5 Å². The Morgan fingerprint density at radius 3 is 2.72 bits per heavy atom. The van der Waals surface area contributed by atoms with E-state index in [-0.39, 0.29) is 70.2 Å². The van der Waals surface area contributed by atoms with E-state index >= 15 is 4.39 Å². The van der Waals surface area contributed by atoms with Crippen molar-refractivity contribution in [3.63, 3.8) is 0 Å². The quantitative estimate of drug-likeness (QED) is 0.214. The Morgan fingerprint density at radius 2 is 2.05 bits per heavy atom. The zero-order valence-electron chi connectivity index (χ0n) is 24.8. The number of aldehydes is 1. The number of carbonyl (C=O) groups is 2. The van der Waals surface area contributed by atoms with Crippen LogP contribution in [-0.4, -0.2) is 68.9 Å². The number of amides is 1. The maximum atomic E-state index is 15.3. The highest BCUT2D eigenvalue weighted by Gasteiger charge is 2.33. The molecule has 1 atom stereocenters. The second-order valence-electron chi connectivity index (χ2n) is 10.5. The average molecular weight is 608 g/mol. The molecule has 4 aromatic rings. The molecule has 1 aliphatic heterocycles. The lowest BCUT2D eigenvalue weighted by molar-refractivity contribution is -0.126. The number of hydrogen-bond donors (Lipinski definition) is 0. The third-order valence-electron chi connectivity index (χ3n) is 7.51. The molecule has 1 saturated heterocycles. The molecule has 5 rings (SSSR count). The smallest absolute Gasteiger partial charge is 0.347 e. The van der Waals surface area contributed by atoms with Crippen molar-refractivity contribution in [2.45, 2.75) is 32.7 Å². The van der Waals surface area contributed by atoms with E-state index in [9.17, 15) is 18.8 Å². The Balaban J connectivity index is 1.87. The number of benzene rings is 1. The van der Waals surface area contributed by atoms with E-state index in [2.05, 4.69) is 21.5 Å². The van der Waals surface area contributed by atoms with Gasteiger partial charge in [0.25, 0.3) is 0 Å². The molecule has 1 aliphatic rings. The van der Waals surface area contributed by atoms with Crippen molar-refractivity contribution in [3.8, 4) is 16.9 Å². The number of hydrogen-bond acceptors (Lipinski definition) is 7. The van der Waals surface area contributed by atoms with Crippen LogP contribution in [0, 0.1) is 12.7 Å². The summed E-state index contributed by atoms with van der Waals surface area (Å²) in [7, 11) is 0. The molecule has 9 nitrogen and oxygen atoms in total. The molecule has 222 valence electrons. The van der Waals surface area contributed by atoms with Crippen LogP contribution < -0.4 is 10.6 Å². The van der Waals surface area contributed by atoms with Crippen molar-refractivity contribution in [2.24, 2.45) is 0 Å². The molecule has 1 amide bonds. The van der Waals surface area contributed by atoms with Gasteiger partial charge >= 0.3 is 5.69 Å². The molecule has 3 aromatic heterocycles. The van der Waals surface area contributed by atoms with E-state index in [0.717, 1.165) is 12.1 Å². The molecule has 1 aromatic carbocycles. The molecule has 43 heavy (non-hydrogen) atoms. The van der Waals surface area contributed by atoms with Crippen molar-refractivity contribution in [3.05, 3.63) is 87.3 Å². The number of halogens is 3. The van der Waals surface area contributed by atoms with Crippen LogP contribution in [0.3, 0.4) is 0 Å². The molecule has 0 N–H and O–H groups in total. The predicted molar refractivity (Wildman–Crippen MR) is 161 cm³/mol. The maximum absolute atomic E-state index is 15.3. The fourth-order valence-electron chi connectivity index (χ4n) is 5.43. The van der Waals surface area contributed by atoms with Gasteiger partial charge in [-0.2, -0.15) is 4.98 Å². The molecule has 0 aliphatic carbocycles. The highest BCUT2D eigenvalue weighted by atomic mass is 35.5. The topological polar surface area (TPSA) is 101 Å². The van der Waals surface area contributed by atoms with Crippen molar-refractivity contribution < 1.29 is 19.7 Å². The van der Waals surface area contributed by atoms with Gasteiger partial charge in [0, 0.05) is 37.0 Å². The van der Waals surface area contributed by atoms with Crippen LogP contribution >= 0.6 is 11.6 Å². The lowest BCUT2D eigenvalue weighted by Gasteiger charge is -2.41. The number of rotatable bonds is 7. The Morgan fingerprint density at radius 1 is 1.28 bits per heavy atom. The van der Waals surface area contributed by atoms with Gasteiger partial charge in [0.05, 0.1) is 33.5 Å². The Hall–Kier alpha value is -4.51. The largest absolute Gasteiger partial charge is 0.355 e. The number of piperazine rings is 1. The van der Waals surface area contributed by atoms with Gasteiger partial charge in [-0.15, -0.1) is 0 Å². The molecule has 12 heteroatoms. The van der Waals surface area contributed by atoms with Crippen LogP contribution in [0.5, 0.6) is 0 Å². The molecular weight excluding hydrogens is 578 g/mol. The first-order valence-corrected chi connectivity index (χ1v) is 14.0. The first-order chi connectivity index (χ1) is 21.0. The average Bonchev–Trinajstić information content (AvgIpc) is 3.00. The van der Waals surface area contributed by atoms with E-state index in [4.69, 9.17) is 13.0 Å². The third kappa shape index (κ3) is 5.29. The zero-order valence-corrected chi connectivity index (χ0v) is 24.5. The number of nitrogens with zero attached hydrogens (tertiary/aromatic N) is 6. The first kappa shape index (κ1) is 28.6. The van der Waals surface area contributed by atoms with E-state index in [0.29, 0.717) is 16.9 Å². The molecule has 0 bridgehead atoms. The zero-order chi connectivity index (χ0) is 31.9. The van der Waals surface area contributed by atoms with Gasteiger partial charge in [-0.05, 0) is 42.7 Å². The fourth-order valence-corrected chi connectivity index (χ4v) is 5.68. The van der Waals surface area contributed by atoms with Crippen molar-refractivity contribution in [2.75, 3.05) is 31.2 Å². The number of carbonyl (C=O) groups excluding carboxylic acids is 2. The van der Waals surface area contributed by atoms with Crippen LogP contribution in [0.25, 0.3) is 28.0 Å². The van der Waals surface area contributed by atoms with Gasteiger partial charge in [-0.25, -0.2) is 23.1 Å². The summed E-state index contributed by atoms with van der Waals surface area (Å²) in [4.78, 5) is 55.1. The van der Waals surface area contributed by atoms with Crippen molar-refractivity contribution >= 4 is 40.6 Å². The van der Waals surface area contributed by atoms with Crippen LogP contribution in [0.1, 0.15) is 42.8 Å². The van der Waals surface area contributed by atoms with Crippen molar-refractivity contribution in [1.82, 2.24) is 24.4 Å². The molecule has 1 fully saturated rings. The van der Waals surface area contributed by atoms with Gasteiger partial charge in [-0.3, -0.25) is 14.6 Å². The predicted octanol–water partition coefficient (Wildman–Crippen LogP) is 5.05. The first-order valence-electron chi connectivity index (χ1n) is 14.1. The molecule has 0 spiro atoms. The lowest BCUT2D eigenvalue weighted by Crippen LogP contribution is -2.56. The number of alkyl halides is 1. The minimum Gasteiger partial charge on any atom is -0.347 e. The van der Waals surface area contributed by atoms with Crippen molar-refractivity contribution in [1.29, 1.82) is 0 Å². The van der Waals surface area contributed by atoms with E-state index in [1.807, 2.05) is 13.8 Å². The molecule has 4 heterocycles. The van der Waals surface area contributed by atoms with Crippen LogP contribution in [-0.2, 0) is 4.79 Å². The highest BCUT2D eigenvalue weighted by molar-refractivity contribution is 6.34. The monoisotopic (exact) mass is 607 g/mol. The molecule has 0 saturated carbocycles. The molecule has 0 unspecified atom stereocenters. The van der Waals surface area contributed by atoms with Gasteiger partial charge in [0.15, 0.2) is 11.9 Å².